The van der Waals surface area contributed by atoms with Gasteiger partial charge in [0.2, 0.25) is 5.82 Å². The number of hydrogen-bond donors (Lipinski definition) is 0. The van der Waals surface area contributed by atoms with Crippen LogP contribution in [0.25, 0.3) is 0 Å². The fourth-order valence-corrected chi connectivity index (χ4v) is 6.08. The molecule has 0 aromatic heterocycles. The largest absolute Gasteiger partial charge is 0.490 e. The zero-order valence-electron chi connectivity index (χ0n) is 27.8. The molecule has 0 unspecified atom stereocenters. The van der Waals surface area contributed by atoms with E-state index in [1.54, 1.807) is 24.3 Å². The SMILES string of the molecule is CCCCCCCCCCCCOc1ccc(C(=O)Oc2ccc(OC/C=C/[C@H]3CC[C@H](CCCCC)CC3)cc2)c(F)c1F. The molecule has 0 radical (unpaired) electrons. The first kappa shape index (κ1) is 36.6. The fraction of sp³-hybridized carbons (Fsp3) is 0.615. The molecule has 1 saturated carbocycles. The highest BCUT2D eigenvalue weighted by Crippen LogP contribution is 2.33. The molecule has 1 aliphatic carbocycles. The van der Waals surface area contributed by atoms with E-state index in [1.165, 1.54) is 108 Å². The smallest absolute Gasteiger partial charge is 0.346 e. The number of allylic oxidation sites excluding steroid dienone is 1. The Morgan fingerprint density at radius 3 is 1.98 bits per heavy atom. The van der Waals surface area contributed by atoms with E-state index in [2.05, 4.69) is 26.0 Å². The molecule has 0 aliphatic heterocycles. The van der Waals surface area contributed by atoms with Crippen LogP contribution in [-0.4, -0.2) is 19.2 Å². The molecule has 2 aromatic rings. The van der Waals surface area contributed by atoms with Crippen LogP contribution in [0.3, 0.4) is 0 Å². The predicted octanol–water partition coefficient (Wildman–Crippen LogP) is 11.8. The number of unbranched alkanes of at least 4 members (excludes halogenated alkanes) is 11. The van der Waals surface area contributed by atoms with Gasteiger partial charge in [-0.15, -0.1) is 0 Å². The average molecular weight is 627 g/mol. The predicted molar refractivity (Wildman–Crippen MR) is 179 cm³/mol. The van der Waals surface area contributed by atoms with E-state index in [-0.39, 0.29) is 11.5 Å². The number of carbonyl (C=O) groups is 1. The van der Waals surface area contributed by atoms with Gasteiger partial charge in [-0.1, -0.05) is 109 Å². The van der Waals surface area contributed by atoms with Crippen molar-refractivity contribution in [2.75, 3.05) is 13.2 Å². The summed E-state index contributed by atoms with van der Waals surface area (Å²) >= 11 is 0. The number of benzene rings is 2. The van der Waals surface area contributed by atoms with Crippen LogP contribution in [0.15, 0.2) is 48.6 Å². The maximum atomic E-state index is 14.7. The van der Waals surface area contributed by atoms with Crippen LogP contribution in [-0.2, 0) is 0 Å². The Hall–Kier alpha value is -2.89. The number of halogens is 2. The van der Waals surface area contributed by atoms with Crippen molar-refractivity contribution in [1.29, 1.82) is 0 Å². The summed E-state index contributed by atoms with van der Waals surface area (Å²) < 4.78 is 45.9. The van der Waals surface area contributed by atoms with Gasteiger partial charge in [0.05, 0.1) is 12.2 Å². The van der Waals surface area contributed by atoms with Crippen molar-refractivity contribution < 1.29 is 27.8 Å². The molecule has 4 nitrogen and oxygen atoms in total. The van der Waals surface area contributed by atoms with E-state index in [9.17, 15) is 13.6 Å². The number of carbonyl (C=O) groups excluding carboxylic acids is 1. The molecule has 1 fully saturated rings. The molecule has 0 bridgehead atoms. The van der Waals surface area contributed by atoms with Crippen molar-refractivity contribution in [1.82, 2.24) is 0 Å². The van der Waals surface area contributed by atoms with E-state index in [4.69, 9.17) is 14.2 Å². The summed E-state index contributed by atoms with van der Waals surface area (Å²) in [7, 11) is 0. The lowest BCUT2D eigenvalue weighted by molar-refractivity contribution is 0.0728. The van der Waals surface area contributed by atoms with E-state index in [0.717, 1.165) is 25.2 Å². The molecule has 3 rings (SSSR count). The molecule has 0 heterocycles. The Labute approximate surface area is 270 Å². The van der Waals surface area contributed by atoms with Gasteiger partial charge in [0, 0.05) is 0 Å². The summed E-state index contributed by atoms with van der Waals surface area (Å²) in [6, 6.07) is 9.04. The molecule has 0 saturated heterocycles. The Balaban J connectivity index is 1.33. The summed E-state index contributed by atoms with van der Waals surface area (Å²) in [5.41, 5.74) is -0.473. The highest BCUT2D eigenvalue weighted by atomic mass is 19.2. The van der Waals surface area contributed by atoms with Crippen molar-refractivity contribution in [3.8, 4) is 17.2 Å². The minimum absolute atomic E-state index is 0.189. The van der Waals surface area contributed by atoms with Gasteiger partial charge in [-0.2, -0.15) is 4.39 Å². The number of esters is 1. The van der Waals surface area contributed by atoms with Crippen LogP contribution in [0.4, 0.5) is 8.78 Å². The standard InChI is InChI=1S/C39H56F2O4/c1-3-5-7-8-9-10-11-12-13-15-29-44-36-28-27-35(37(40)38(36)41)39(42)45-34-25-23-33(24-26-34)43-30-16-18-32-21-19-31(20-22-32)17-14-6-4-2/h16,18,23-28,31-32H,3-15,17,19-22,29-30H2,1-2H3/b18-16+/t31-,32-. The second kappa shape index (κ2) is 21.8. The van der Waals surface area contributed by atoms with Gasteiger partial charge in [0.25, 0.3) is 0 Å². The molecule has 0 atom stereocenters. The molecule has 250 valence electrons. The molecular weight excluding hydrogens is 570 g/mol. The summed E-state index contributed by atoms with van der Waals surface area (Å²) in [6.45, 7) is 5.25. The Bertz CT molecular complexity index is 1120. The number of hydrogen-bond acceptors (Lipinski definition) is 4. The topological polar surface area (TPSA) is 44.8 Å². The molecular formula is C39H56F2O4. The third-order valence-corrected chi connectivity index (χ3v) is 8.92. The molecule has 45 heavy (non-hydrogen) atoms. The monoisotopic (exact) mass is 626 g/mol. The van der Waals surface area contributed by atoms with Gasteiger partial charge in [0.15, 0.2) is 11.6 Å². The van der Waals surface area contributed by atoms with Crippen LogP contribution in [0, 0.1) is 23.5 Å². The first-order valence-electron chi connectivity index (χ1n) is 17.7. The van der Waals surface area contributed by atoms with E-state index in [0.29, 0.717) is 24.9 Å². The molecule has 0 amide bonds. The summed E-state index contributed by atoms with van der Waals surface area (Å²) in [5, 5.41) is 0. The quantitative estimate of drug-likeness (QED) is 0.0564. The molecule has 6 heteroatoms. The van der Waals surface area contributed by atoms with E-state index in [1.807, 2.05) is 0 Å². The number of rotatable bonds is 22. The zero-order chi connectivity index (χ0) is 32.1. The van der Waals surface area contributed by atoms with Gasteiger partial charge in [-0.3, -0.25) is 0 Å². The summed E-state index contributed by atoms with van der Waals surface area (Å²) in [6.07, 6.45) is 26.7. The minimum Gasteiger partial charge on any atom is -0.490 e. The van der Waals surface area contributed by atoms with Crippen molar-refractivity contribution in [2.45, 2.75) is 129 Å². The molecule has 0 N–H and O–H groups in total. The summed E-state index contributed by atoms with van der Waals surface area (Å²) in [5.74, 6) is -1.20. The Kier molecular flexibility index (Phi) is 17.7. The molecule has 2 aromatic carbocycles. The Morgan fingerprint density at radius 1 is 0.711 bits per heavy atom. The lowest BCUT2D eigenvalue weighted by Crippen LogP contribution is -2.13. The van der Waals surface area contributed by atoms with Crippen LogP contribution in [0.5, 0.6) is 17.2 Å². The third-order valence-electron chi connectivity index (χ3n) is 8.92. The van der Waals surface area contributed by atoms with Crippen molar-refractivity contribution in [3.63, 3.8) is 0 Å². The van der Waals surface area contributed by atoms with Gasteiger partial charge in [-0.25, -0.2) is 9.18 Å². The van der Waals surface area contributed by atoms with Crippen LogP contribution < -0.4 is 14.2 Å². The molecule has 0 spiro atoms. The zero-order valence-corrected chi connectivity index (χ0v) is 27.8. The minimum atomic E-state index is -1.27. The number of ether oxygens (including phenoxy) is 3. The maximum absolute atomic E-state index is 14.7. The van der Waals surface area contributed by atoms with E-state index < -0.39 is 23.2 Å². The highest BCUT2D eigenvalue weighted by molar-refractivity contribution is 5.91. The van der Waals surface area contributed by atoms with Gasteiger partial charge in [-0.05, 0) is 80.3 Å². The Morgan fingerprint density at radius 2 is 1.31 bits per heavy atom. The lowest BCUT2D eigenvalue weighted by atomic mass is 9.79. The second-order valence-electron chi connectivity index (χ2n) is 12.6. The fourth-order valence-electron chi connectivity index (χ4n) is 6.08. The first-order valence-corrected chi connectivity index (χ1v) is 17.7. The summed E-state index contributed by atoms with van der Waals surface area (Å²) in [4.78, 5) is 12.6. The van der Waals surface area contributed by atoms with Gasteiger partial charge < -0.3 is 14.2 Å². The van der Waals surface area contributed by atoms with Crippen molar-refractivity contribution in [2.24, 2.45) is 11.8 Å². The van der Waals surface area contributed by atoms with Crippen LogP contribution in [0.2, 0.25) is 0 Å². The first-order chi connectivity index (χ1) is 22.0. The highest BCUT2D eigenvalue weighted by Gasteiger charge is 2.21. The lowest BCUT2D eigenvalue weighted by Gasteiger charge is -2.26. The van der Waals surface area contributed by atoms with E-state index >= 15 is 0 Å². The second-order valence-corrected chi connectivity index (χ2v) is 12.6. The van der Waals surface area contributed by atoms with Crippen molar-refractivity contribution >= 4 is 5.97 Å². The van der Waals surface area contributed by atoms with Gasteiger partial charge in [0.1, 0.15) is 18.1 Å². The van der Waals surface area contributed by atoms with Crippen LogP contribution >= 0.6 is 0 Å². The van der Waals surface area contributed by atoms with Crippen molar-refractivity contribution in [3.05, 3.63) is 65.7 Å². The van der Waals surface area contributed by atoms with Gasteiger partial charge >= 0.3 is 5.97 Å². The van der Waals surface area contributed by atoms with Crippen LogP contribution in [0.1, 0.15) is 140 Å². The maximum Gasteiger partial charge on any atom is 0.346 e. The molecule has 1 aliphatic rings. The normalized spacial score (nSPS) is 16.6. The third kappa shape index (κ3) is 14.0. The average Bonchev–Trinajstić information content (AvgIpc) is 3.05.